The smallest absolute Gasteiger partial charge is 0.0492 e. The summed E-state index contributed by atoms with van der Waals surface area (Å²) in [5, 5.41) is 7.76. The van der Waals surface area contributed by atoms with Crippen molar-refractivity contribution in [2.24, 2.45) is 0 Å². The summed E-state index contributed by atoms with van der Waals surface area (Å²) in [6.07, 6.45) is 3.15. The molecule has 1 N–H and O–H groups in total. The molecular weight excluding hydrogens is 162 g/mol. The van der Waals surface area contributed by atoms with Gasteiger partial charge in [0.2, 0.25) is 0 Å². The molecule has 0 saturated carbocycles. The predicted octanol–water partition coefficient (Wildman–Crippen LogP) is 1.37. The summed E-state index contributed by atoms with van der Waals surface area (Å²) in [4.78, 5) is 0. The van der Waals surface area contributed by atoms with Gasteiger partial charge in [-0.15, -0.1) is 0 Å². The molecule has 72 valence electrons. The Morgan fingerprint density at radius 2 is 2.54 bits per heavy atom. The van der Waals surface area contributed by atoms with E-state index in [1.165, 1.54) is 12.1 Å². The minimum Gasteiger partial charge on any atom is -0.314 e. The molecule has 1 aromatic heterocycles. The second-order valence-electron chi connectivity index (χ2n) is 3.81. The number of aromatic nitrogens is 2. The Morgan fingerprint density at radius 1 is 1.69 bits per heavy atom. The van der Waals surface area contributed by atoms with Gasteiger partial charge >= 0.3 is 0 Å². The molecule has 2 unspecified atom stereocenters. The molecule has 3 nitrogen and oxygen atoms in total. The van der Waals surface area contributed by atoms with Crippen LogP contribution in [0.5, 0.6) is 0 Å². The number of aryl methyl sites for hydroxylation is 1. The van der Waals surface area contributed by atoms with Gasteiger partial charge in [-0.05, 0) is 26.3 Å². The average molecular weight is 179 g/mol. The highest BCUT2D eigenvalue weighted by atomic mass is 15.3. The van der Waals surface area contributed by atoms with Crippen molar-refractivity contribution >= 4 is 0 Å². The molecule has 0 aliphatic carbocycles. The molecule has 1 aliphatic rings. The van der Waals surface area contributed by atoms with E-state index in [0.717, 1.165) is 13.1 Å². The molecule has 0 aromatic carbocycles. The molecule has 0 bridgehead atoms. The quantitative estimate of drug-likeness (QED) is 0.743. The summed E-state index contributed by atoms with van der Waals surface area (Å²) >= 11 is 0. The van der Waals surface area contributed by atoms with E-state index in [1.54, 1.807) is 0 Å². The summed E-state index contributed by atoms with van der Waals surface area (Å²) in [6.45, 7) is 6.47. The molecule has 3 heteroatoms. The Morgan fingerprint density at radius 3 is 3.15 bits per heavy atom. The fourth-order valence-corrected chi connectivity index (χ4v) is 2.12. The molecule has 2 rings (SSSR count). The Labute approximate surface area is 79.1 Å². The van der Waals surface area contributed by atoms with Crippen LogP contribution in [0.4, 0.5) is 0 Å². The maximum absolute atomic E-state index is 4.29. The van der Waals surface area contributed by atoms with Crippen molar-refractivity contribution in [3.05, 3.63) is 18.0 Å². The zero-order valence-electron chi connectivity index (χ0n) is 8.33. The molecule has 1 saturated heterocycles. The number of nitrogens with one attached hydrogen (secondary N) is 1. The van der Waals surface area contributed by atoms with Crippen LogP contribution in [0.1, 0.15) is 31.9 Å². The first-order valence-corrected chi connectivity index (χ1v) is 5.06. The van der Waals surface area contributed by atoms with E-state index in [-0.39, 0.29) is 0 Å². The van der Waals surface area contributed by atoms with Crippen LogP contribution in [0.3, 0.4) is 0 Å². The largest absolute Gasteiger partial charge is 0.314 e. The van der Waals surface area contributed by atoms with Crippen LogP contribution >= 0.6 is 0 Å². The lowest BCUT2D eigenvalue weighted by Gasteiger charge is -2.10. The molecule has 2 heterocycles. The van der Waals surface area contributed by atoms with Gasteiger partial charge in [-0.3, -0.25) is 4.68 Å². The lowest BCUT2D eigenvalue weighted by molar-refractivity contribution is 0.575. The van der Waals surface area contributed by atoms with Gasteiger partial charge < -0.3 is 5.32 Å². The Hall–Kier alpha value is -0.830. The van der Waals surface area contributed by atoms with E-state index in [0.29, 0.717) is 12.0 Å². The second kappa shape index (κ2) is 3.50. The minimum absolute atomic E-state index is 0.658. The van der Waals surface area contributed by atoms with Crippen LogP contribution in [0.2, 0.25) is 0 Å². The normalized spacial score (nSPS) is 28.2. The highest BCUT2D eigenvalue weighted by Crippen LogP contribution is 2.24. The summed E-state index contributed by atoms with van der Waals surface area (Å²) in [7, 11) is 0. The zero-order valence-corrected chi connectivity index (χ0v) is 8.33. The summed E-state index contributed by atoms with van der Waals surface area (Å²) < 4.78 is 2.10. The van der Waals surface area contributed by atoms with E-state index in [9.17, 15) is 0 Å². The topological polar surface area (TPSA) is 29.9 Å². The van der Waals surface area contributed by atoms with E-state index in [1.807, 2.05) is 6.20 Å². The Bertz CT molecular complexity index is 279. The van der Waals surface area contributed by atoms with Crippen molar-refractivity contribution in [3.63, 3.8) is 0 Å². The van der Waals surface area contributed by atoms with E-state index < -0.39 is 0 Å². The predicted molar refractivity (Wildman–Crippen MR) is 52.7 cm³/mol. The minimum atomic E-state index is 0.658. The van der Waals surface area contributed by atoms with Crippen LogP contribution < -0.4 is 5.32 Å². The van der Waals surface area contributed by atoms with Gasteiger partial charge in [0.1, 0.15) is 0 Å². The maximum Gasteiger partial charge on any atom is 0.0492 e. The fraction of sp³-hybridized carbons (Fsp3) is 0.700. The monoisotopic (exact) mass is 179 g/mol. The maximum atomic E-state index is 4.29. The van der Waals surface area contributed by atoms with Crippen LogP contribution in [-0.2, 0) is 6.54 Å². The van der Waals surface area contributed by atoms with Gasteiger partial charge in [-0.25, -0.2) is 0 Å². The van der Waals surface area contributed by atoms with Crippen molar-refractivity contribution in [1.82, 2.24) is 15.1 Å². The zero-order chi connectivity index (χ0) is 9.26. The van der Waals surface area contributed by atoms with Crippen molar-refractivity contribution in [2.75, 3.05) is 6.54 Å². The van der Waals surface area contributed by atoms with Gasteiger partial charge in [-0.2, -0.15) is 5.10 Å². The number of hydrogen-bond acceptors (Lipinski definition) is 2. The summed E-state index contributed by atoms with van der Waals surface area (Å²) in [5.41, 5.74) is 1.39. The van der Waals surface area contributed by atoms with Crippen molar-refractivity contribution in [2.45, 2.75) is 38.8 Å². The molecule has 0 radical (unpaired) electrons. The lowest BCUT2D eigenvalue weighted by Crippen LogP contribution is -2.17. The van der Waals surface area contributed by atoms with Crippen molar-refractivity contribution < 1.29 is 0 Å². The van der Waals surface area contributed by atoms with Crippen LogP contribution in [0.15, 0.2) is 12.3 Å². The van der Waals surface area contributed by atoms with Crippen LogP contribution in [0, 0.1) is 0 Å². The molecule has 2 atom stereocenters. The van der Waals surface area contributed by atoms with Gasteiger partial charge in [0, 0.05) is 36.9 Å². The Balaban J connectivity index is 2.16. The first-order chi connectivity index (χ1) is 6.31. The van der Waals surface area contributed by atoms with E-state index >= 15 is 0 Å². The number of hydrogen-bond donors (Lipinski definition) is 1. The van der Waals surface area contributed by atoms with Crippen LogP contribution in [0.25, 0.3) is 0 Å². The van der Waals surface area contributed by atoms with E-state index in [4.69, 9.17) is 0 Å². The molecular formula is C10H17N3. The van der Waals surface area contributed by atoms with Crippen molar-refractivity contribution in [3.8, 4) is 0 Å². The molecule has 13 heavy (non-hydrogen) atoms. The number of rotatable bonds is 2. The first kappa shape index (κ1) is 8.75. The average Bonchev–Trinajstić information content (AvgIpc) is 2.71. The standard InChI is InChI=1S/C10H17N3/c1-3-13-10(4-5-12-13)9-6-8(2)11-7-9/h4-5,8-9,11H,3,6-7H2,1-2H3. The van der Waals surface area contributed by atoms with Gasteiger partial charge in [-0.1, -0.05) is 0 Å². The highest BCUT2D eigenvalue weighted by Gasteiger charge is 2.24. The molecule has 1 aliphatic heterocycles. The first-order valence-electron chi connectivity index (χ1n) is 5.06. The SMILES string of the molecule is CCn1nccc1C1CNC(C)C1. The molecule has 1 aromatic rings. The summed E-state index contributed by atoms with van der Waals surface area (Å²) in [5.74, 6) is 0.664. The molecule has 1 fully saturated rings. The fourth-order valence-electron chi connectivity index (χ4n) is 2.12. The molecule has 0 amide bonds. The van der Waals surface area contributed by atoms with Crippen LogP contribution in [-0.4, -0.2) is 22.4 Å². The third kappa shape index (κ3) is 1.61. The van der Waals surface area contributed by atoms with Gasteiger partial charge in [0.15, 0.2) is 0 Å². The van der Waals surface area contributed by atoms with E-state index in [2.05, 4.69) is 35.0 Å². The highest BCUT2D eigenvalue weighted by molar-refractivity contribution is 5.11. The summed E-state index contributed by atoms with van der Waals surface area (Å²) in [6, 6.07) is 2.80. The lowest BCUT2D eigenvalue weighted by atomic mass is 10.0. The molecule has 0 spiro atoms. The van der Waals surface area contributed by atoms with Gasteiger partial charge in [0.25, 0.3) is 0 Å². The third-order valence-corrected chi connectivity index (χ3v) is 2.82. The van der Waals surface area contributed by atoms with Gasteiger partial charge in [0.05, 0.1) is 0 Å². The number of nitrogens with zero attached hydrogens (tertiary/aromatic N) is 2. The second-order valence-corrected chi connectivity index (χ2v) is 3.81. The third-order valence-electron chi connectivity index (χ3n) is 2.82. The Kier molecular flexibility index (Phi) is 2.36. The van der Waals surface area contributed by atoms with Crippen molar-refractivity contribution in [1.29, 1.82) is 0 Å².